The quantitative estimate of drug-likeness (QED) is 0.0214. The van der Waals surface area contributed by atoms with Gasteiger partial charge in [-0.1, -0.05) is 175 Å². The topological polar surface area (TPSA) is 91.3 Å². The van der Waals surface area contributed by atoms with Gasteiger partial charge in [-0.3, -0.25) is 13.8 Å². The minimum absolute atomic E-state index is 0.0766. The monoisotopic (exact) mass is 901 g/mol. The maximum Gasteiger partial charge on any atom is 0.472 e. The summed E-state index contributed by atoms with van der Waals surface area (Å²) in [4.78, 5) is 23.0. The summed E-state index contributed by atoms with van der Waals surface area (Å²) >= 11 is 0. The normalized spacial score (nSPS) is 14.4. The number of nitrogens with zero attached hydrogens (tertiary/aromatic N) is 1. The SMILES string of the molecule is CC/C=C\C/C=C\C/C=C\C/C=C\C/C=C\CCCCCCCC(=O)OC(COCCCCCCCCC/C=C\C/C=C\C/C=C\CCCCC)COP(=O)(O)OCC[N+](C)(C)C. The zero-order valence-corrected chi connectivity index (χ0v) is 41.9. The van der Waals surface area contributed by atoms with Crippen molar-refractivity contribution in [3.8, 4) is 0 Å². The Kier molecular flexibility index (Phi) is 44.1. The van der Waals surface area contributed by atoms with Crippen molar-refractivity contribution in [1.82, 2.24) is 0 Å². The summed E-state index contributed by atoms with van der Waals surface area (Å²) < 4.78 is 35.1. The van der Waals surface area contributed by atoms with E-state index >= 15 is 0 Å². The number of quaternary nitrogens is 1. The van der Waals surface area contributed by atoms with Crippen LogP contribution in [-0.4, -0.2) is 75.6 Å². The van der Waals surface area contributed by atoms with Crippen molar-refractivity contribution < 1.29 is 37.3 Å². The summed E-state index contributed by atoms with van der Waals surface area (Å²) in [5.41, 5.74) is 0. The van der Waals surface area contributed by atoms with Gasteiger partial charge in [-0.15, -0.1) is 0 Å². The molecule has 1 N–H and O–H groups in total. The molecule has 0 radical (unpaired) electrons. The molecule has 2 unspecified atom stereocenters. The molecule has 0 aliphatic heterocycles. The second-order valence-electron chi connectivity index (χ2n) is 17.5. The lowest BCUT2D eigenvalue weighted by molar-refractivity contribution is -0.870. The summed E-state index contributed by atoms with van der Waals surface area (Å²) in [5, 5.41) is 0. The summed E-state index contributed by atoms with van der Waals surface area (Å²) in [6, 6.07) is 0. The molecule has 362 valence electrons. The number of phosphoric acid groups is 1. The van der Waals surface area contributed by atoms with E-state index in [4.69, 9.17) is 18.5 Å². The van der Waals surface area contributed by atoms with Gasteiger partial charge in [-0.25, -0.2) is 4.57 Å². The zero-order valence-electron chi connectivity index (χ0n) is 41.0. The molecule has 0 bridgehead atoms. The first-order chi connectivity index (χ1) is 30.6. The van der Waals surface area contributed by atoms with Gasteiger partial charge in [0.2, 0.25) is 0 Å². The first-order valence-electron chi connectivity index (χ1n) is 25.0. The van der Waals surface area contributed by atoms with Gasteiger partial charge in [0, 0.05) is 13.0 Å². The highest BCUT2D eigenvalue weighted by molar-refractivity contribution is 7.47. The fraction of sp³-hybridized carbons (Fsp3) is 0.685. The van der Waals surface area contributed by atoms with Gasteiger partial charge in [0.25, 0.3) is 0 Å². The van der Waals surface area contributed by atoms with Crippen LogP contribution in [0, 0.1) is 0 Å². The molecule has 9 heteroatoms. The molecule has 0 aromatic carbocycles. The highest BCUT2D eigenvalue weighted by Crippen LogP contribution is 2.43. The standard InChI is InChI=1S/C54H94NO7P/c1-6-8-10-12-14-16-18-20-22-24-26-28-29-31-33-35-37-39-41-43-45-47-54(56)62-53(52-61-63(57,58)60-50-48-55(3,4)5)51-59-49-46-44-42-40-38-36-34-32-30-27-25-23-21-19-17-15-13-11-9-7-2/h8,10,14-17,20-23,26-28,30-31,33,53H,6-7,9,11-13,18-19,24-25,29,32,34-52H2,1-5H3/p+1/b10-8-,16-14-,17-15-,22-20-,23-21-,28-26-,30-27-,33-31-. The number of allylic oxidation sites excluding steroid dienone is 16. The van der Waals surface area contributed by atoms with E-state index in [0.717, 1.165) is 103 Å². The summed E-state index contributed by atoms with van der Waals surface area (Å²) in [6.07, 6.45) is 63.0. The van der Waals surface area contributed by atoms with E-state index in [1.807, 2.05) is 21.1 Å². The molecule has 0 rings (SSSR count). The first kappa shape index (κ1) is 60.4. The molecule has 0 saturated carbocycles. The number of unbranched alkanes of at least 4 members (excludes halogenated alkanes) is 15. The molecule has 0 aromatic heterocycles. The van der Waals surface area contributed by atoms with Crippen LogP contribution in [0.15, 0.2) is 97.2 Å². The van der Waals surface area contributed by atoms with Gasteiger partial charge >= 0.3 is 13.8 Å². The molecular formula is C54H95NO7P+. The molecule has 8 nitrogen and oxygen atoms in total. The number of rotatable bonds is 45. The average Bonchev–Trinajstić information content (AvgIpc) is 3.24. The molecule has 0 spiro atoms. The second kappa shape index (κ2) is 46.0. The minimum Gasteiger partial charge on any atom is -0.457 e. The lowest BCUT2D eigenvalue weighted by Gasteiger charge is -2.24. The van der Waals surface area contributed by atoms with E-state index in [1.165, 1.54) is 57.8 Å². The van der Waals surface area contributed by atoms with Gasteiger partial charge in [-0.05, 0) is 96.3 Å². The lowest BCUT2D eigenvalue weighted by Crippen LogP contribution is -2.37. The average molecular weight is 901 g/mol. The summed E-state index contributed by atoms with van der Waals surface area (Å²) in [6.45, 7) is 5.41. The van der Waals surface area contributed by atoms with Crippen molar-refractivity contribution in [2.45, 2.75) is 187 Å². The second-order valence-corrected chi connectivity index (χ2v) is 18.9. The number of esters is 1. The van der Waals surface area contributed by atoms with Crippen LogP contribution >= 0.6 is 7.82 Å². The Hall–Kier alpha value is -2.58. The highest BCUT2D eigenvalue weighted by atomic mass is 31.2. The first-order valence-corrected chi connectivity index (χ1v) is 26.5. The van der Waals surface area contributed by atoms with Crippen LogP contribution < -0.4 is 0 Å². The van der Waals surface area contributed by atoms with Crippen LogP contribution in [0.5, 0.6) is 0 Å². The predicted molar refractivity (Wildman–Crippen MR) is 270 cm³/mol. The van der Waals surface area contributed by atoms with E-state index in [-0.39, 0.29) is 25.8 Å². The third-order valence-corrected chi connectivity index (χ3v) is 11.1. The number of hydrogen-bond acceptors (Lipinski definition) is 6. The van der Waals surface area contributed by atoms with E-state index in [0.29, 0.717) is 24.1 Å². The molecule has 2 atom stereocenters. The molecule has 0 aliphatic rings. The molecule has 0 aliphatic carbocycles. The van der Waals surface area contributed by atoms with E-state index in [1.54, 1.807) is 0 Å². The smallest absolute Gasteiger partial charge is 0.457 e. The maximum atomic E-state index is 12.8. The van der Waals surface area contributed by atoms with Gasteiger partial charge in [0.1, 0.15) is 19.3 Å². The van der Waals surface area contributed by atoms with Crippen molar-refractivity contribution in [3.05, 3.63) is 97.2 Å². The molecule has 0 fully saturated rings. The third-order valence-electron chi connectivity index (χ3n) is 10.1. The molecule has 0 aromatic rings. The van der Waals surface area contributed by atoms with Crippen LogP contribution in [0.3, 0.4) is 0 Å². The van der Waals surface area contributed by atoms with Crippen LogP contribution in [0.4, 0.5) is 0 Å². The Morgan fingerprint density at radius 3 is 1.38 bits per heavy atom. The molecule has 63 heavy (non-hydrogen) atoms. The zero-order chi connectivity index (χ0) is 46.2. The number of carbonyl (C=O) groups is 1. The number of hydrogen-bond donors (Lipinski definition) is 1. The Balaban J connectivity index is 4.26. The fourth-order valence-corrected chi connectivity index (χ4v) is 7.03. The highest BCUT2D eigenvalue weighted by Gasteiger charge is 2.26. The van der Waals surface area contributed by atoms with Crippen molar-refractivity contribution in [1.29, 1.82) is 0 Å². The molecular weight excluding hydrogens is 806 g/mol. The Bertz CT molecular complexity index is 1320. The number of carbonyl (C=O) groups excluding carboxylic acids is 1. The third kappa shape index (κ3) is 50.3. The Morgan fingerprint density at radius 2 is 0.921 bits per heavy atom. The van der Waals surface area contributed by atoms with Gasteiger partial charge in [0.15, 0.2) is 0 Å². The van der Waals surface area contributed by atoms with Crippen LogP contribution in [0.1, 0.15) is 181 Å². The number of ether oxygens (including phenoxy) is 2. The van der Waals surface area contributed by atoms with Crippen molar-refractivity contribution in [2.75, 3.05) is 54.1 Å². The van der Waals surface area contributed by atoms with Crippen molar-refractivity contribution >= 4 is 13.8 Å². The lowest BCUT2D eigenvalue weighted by atomic mass is 10.1. The largest absolute Gasteiger partial charge is 0.472 e. The van der Waals surface area contributed by atoms with Crippen molar-refractivity contribution in [3.63, 3.8) is 0 Å². The van der Waals surface area contributed by atoms with Crippen molar-refractivity contribution in [2.24, 2.45) is 0 Å². The molecule has 0 saturated heterocycles. The number of phosphoric ester groups is 1. The summed E-state index contributed by atoms with van der Waals surface area (Å²) in [5.74, 6) is -0.339. The van der Waals surface area contributed by atoms with Gasteiger partial charge < -0.3 is 18.9 Å². The van der Waals surface area contributed by atoms with Gasteiger partial charge in [-0.2, -0.15) is 0 Å². The summed E-state index contributed by atoms with van der Waals surface area (Å²) in [7, 11) is 1.63. The fourth-order valence-electron chi connectivity index (χ4n) is 6.29. The molecule has 0 heterocycles. The van der Waals surface area contributed by atoms with E-state index in [2.05, 4.69) is 111 Å². The van der Waals surface area contributed by atoms with E-state index < -0.39 is 13.9 Å². The van der Waals surface area contributed by atoms with E-state index in [9.17, 15) is 14.3 Å². The number of likely N-dealkylation sites (N-methyl/N-ethyl adjacent to an activating group) is 1. The maximum absolute atomic E-state index is 12.8. The van der Waals surface area contributed by atoms with Gasteiger partial charge in [0.05, 0.1) is 34.4 Å². The van der Waals surface area contributed by atoms with Crippen LogP contribution in [0.25, 0.3) is 0 Å². The Labute approximate surface area is 387 Å². The Morgan fingerprint density at radius 1 is 0.508 bits per heavy atom. The van der Waals surface area contributed by atoms with Crippen LogP contribution in [0.2, 0.25) is 0 Å². The van der Waals surface area contributed by atoms with Crippen LogP contribution in [-0.2, 0) is 27.9 Å². The predicted octanol–water partition coefficient (Wildman–Crippen LogP) is 15.4. The molecule has 0 amide bonds. The minimum atomic E-state index is -4.30.